The summed E-state index contributed by atoms with van der Waals surface area (Å²) in [4.78, 5) is 6.89. The molecule has 16 heavy (non-hydrogen) atoms. The van der Waals surface area contributed by atoms with Crippen LogP contribution < -0.4 is 5.73 Å². The molecule has 2 heterocycles. The van der Waals surface area contributed by atoms with E-state index in [0.717, 1.165) is 43.4 Å². The van der Waals surface area contributed by atoms with Gasteiger partial charge in [-0.05, 0) is 6.42 Å². The molecular weight excluding hydrogens is 222 g/mol. The first kappa shape index (κ1) is 12.0. The maximum absolute atomic E-state index is 5.64. The normalized spacial score (nSPS) is 22.5. The summed E-state index contributed by atoms with van der Waals surface area (Å²) in [5, 5.41) is 3.13. The summed E-state index contributed by atoms with van der Waals surface area (Å²) < 4.78 is 5.64. The first-order valence-electron chi connectivity index (χ1n) is 5.79. The van der Waals surface area contributed by atoms with Crippen LogP contribution in [0.15, 0.2) is 5.38 Å². The third-order valence-electron chi connectivity index (χ3n) is 2.84. The van der Waals surface area contributed by atoms with Crippen molar-refractivity contribution in [3.63, 3.8) is 0 Å². The zero-order valence-electron chi connectivity index (χ0n) is 9.69. The quantitative estimate of drug-likeness (QED) is 0.861. The molecule has 4 nitrogen and oxygen atoms in total. The van der Waals surface area contributed by atoms with Gasteiger partial charge < -0.3 is 10.5 Å². The molecule has 0 amide bonds. The summed E-state index contributed by atoms with van der Waals surface area (Å²) >= 11 is 1.65. The van der Waals surface area contributed by atoms with Crippen LogP contribution in [0.25, 0.3) is 0 Å². The molecule has 0 bridgehead atoms. The van der Waals surface area contributed by atoms with Gasteiger partial charge in [0.05, 0.1) is 18.4 Å². The van der Waals surface area contributed by atoms with Gasteiger partial charge in [0.2, 0.25) is 0 Å². The molecule has 0 aromatic carbocycles. The van der Waals surface area contributed by atoms with E-state index >= 15 is 0 Å². The number of aromatic nitrogens is 1. The highest BCUT2D eigenvalue weighted by Gasteiger charge is 2.19. The monoisotopic (exact) mass is 241 g/mol. The molecule has 1 saturated heterocycles. The third-order valence-corrected chi connectivity index (χ3v) is 3.76. The Labute approximate surface area is 100 Å². The van der Waals surface area contributed by atoms with E-state index in [-0.39, 0.29) is 0 Å². The van der Waals surface area contributed by atoms with Gasteiger partial charge in [-0.1, -0.05) is 6.92 Å². The van der Waals surface area contributed by atoms with Gasteiger partial charge in [0.15, 0.2) is 0 Å². The summed E-state index contributed by atoms with van der Waals surface area (Å²) in [6.45, 7) is 6.51. The summed E-state index contributed by atoms with van der Waals surface area (Å²) in [6, 6.07) is 0. The summed E-state index contributed by atoms with van der Waals surface area (Å²) in [5.41, 5.74) is 6.70. The van der Waals surface area contributed by atoms with Gasteiger partial charge in [0.25, 0.3) is 0 Å². The number of thiazole rings is 1. The van der Waals surface area contributed by atoms with E-state index in [1.165, 1.54) is 0 Å². The van der Waals surface area contributed by atoms with E-state index in [4.69, 9.17) is 10.5 Å². The van der Waals surface area contributed by atoms with E-state index in [9.17, 15) is 0 Å². The molecule has 2 rings (SSSR count). The molecule has 90 valence electrons. The van der Waals surface area contributed by atoms with Crippen LogP contribution in [0.2, 0.25) is 0 Å². The second-order valence-corrected chi connectivity index (χ2v) is 5.02. The number of hydrogen-bond donors (Lipinski definition) is 1. The SMILES string of the molecule is CCC1CN(Cc2csc(CN)n2)CCO1. The molecule has 0 aliphatic carbocycles. The lowest BCUT2D eigenvalue weighted by molar-refractivity contribution is -0.0327. The van der Waals surface area contributed by atoms with Gasteiger partial charge in [0, 0.05) is 31.6 Å². The van der Waals surface area contributed by atoms with Crippen molar-refractivity contribution in [2.24, 2.45) is 5.73 Å². The second kappa shape index (κ2) is 5.72. The fraction of sp³-hybridized carbons (Fsp3) is 0.727. The van der Waals surface area contributed by atoms with E-state index < -0.39 is 0 Å². The fourth-order valence-electron chi connectivity index (χ4n) is 1.92. The molecular formula is C11H19N3OS. The van der Waals surface area contributed by atoms with Crippen molar-refractivity contribution in [1.29, 1.82) is 0 Å². The molecule has 2 N–H and O–H groups in total. The Hall–Kier alpha value is -0.490. The number of morpholine rings is 1. The van der Waals surface area contributed by atoms with Crippen LogP contribution in [0, 0.1) is 0 Å². The Kier molecular flexibility index (Phi) is 4.29. The highest BCUT2D eigenvalue weighted by molar-refractivity contribution is 7.09. The van der Waals surface area contributed by atoms with Gasteiger partial charge >= 0.3 is 0 Å². The lowest BCUT2D eigenvalue weighted by atomic mass is 10.2. The van der Waals surface area contributed by atoms with E-state index in [0.29, 0.717) is 12.6 Å². The maximum atomic E-state index is 5.64. The highest BCUT2D eigenvalue weighted by atomic mass is 32.1. The summed E-state index contributed by atoms with van der Waals surface area (Å²) in [5.74, 6) is 0. The molecule has 0 saturated carbocycles. The maximum Gasteiger partial charge on any atom is 0.106 e. The first-order valence-corrected chi connectivity index (χ1v) is 6.67. The standard InChI is InChI=1S/C11H19N3OS/c1-2-10-7-14(3-4-15-10)6-9-8-16-11(5-12)13-9/h8,10H,2-7,12H2,1H3. The van der Waals surface area contributed by atoms with Crippen molar-refractivity contribution in [2.75, 3.05) is 19.7 Å². The van der Waals surface area contributed by atoms with Crippen LogP contribution in [0.1, 0.15) is 24.0 Å². The molecule has 0 spiro atoms. The summed E-state index contributed by atoms with van der Waals surface area (Å²) in [7, 11) is 0. The molecule has 1 aromatic heterocycles. The van der Waals surface area contributed by atoms with Crippen molar-refractivity contribution < 1.29 is 4.74 Å². The lowest BCUT2D eigenvalue weighted by Gasteiger charge is -2.31. The predicted molar refractivity (Wildman–Crippen MR) is 65.3 cm³/mol. The van der Waals surface area contributed by atoms with Crippen molar-refractivity contribution in [2.45, 2.75) is 32.5 Å². The zero-order chi connectivity index (χ0) is 11.4. The Morgan fingerprint density at radius 1 is 1.69 bits per heavy atom. The minimum absolute atomic E-state index is 0.390. The highest BCUT2D eigenvalue weighted by Crippen LogP contribution is 2.14. The number of nitrogens with two attached hydrogens (primary N) is 1. The van der Waals surface area contributed by atoms with Crippen molar-refractivity contribution in [3.8, 4) is 0 Å². The van der Waals surface area contributed by atoms with E-state index in [1.807, 2.05) is 0 Å². The van der Waals surface area contributed by atoms with E-state index in [1.54, 1.807) is 11.3 Å². The number of hydrogen-bond acceptors (Lipinski definition) is 5. The number of nitrogens with zero attached hydrogens (tertiary/aromatic N) is 2. The molecule has 1 atom stereocenters. The number of rotatable bonds is 4. The van der Waals surface area contributed by atoms with Gasteiger partial charge in [-0.15, -0.1) is 11.3 Å². The molecule has 1 fully saturated rings. The lowest BCUT2D eigenvalue weighted by Crippen LogP contribution is -2.41. The van der Waals surface area contributed by atoms with Crippen molar-refractivity contribution in [3.05, 3.63) is 16.1 Å². The predicted octanol–water partition coefficient (Wildman–Crippen LogP) is 1.21. The van der Waals surface area contributed by atoms with Crippen LogP contribution >= 0.6 is 11.3 Å². The Bertz CT molecular complexity index is 329. The Morgan fingerprint density at radius 2 is 2.56 bits per heavy atom. The van der Waals surface area contributed by atoms with Crippen LogP contribution in [0.4, 0.5) is 0 Å². The van der Waals surface area contributed by atoms with Gasteiger partial charge in [0.1, 0.15) is 5.01 Å². The van der Waals surface area contributed by atoms with Gasteiger partial charge in [-0.25, -0.2) is 4.98 Å². The number of ether oxygens (including phenoxy) is 1. The van der Waals surface area contributed by atoms with Crippen LogP contribution in [-0.4, -0.2) is 35.7 Å². The minimum atomic E-state index is 0.390. The minimum Gasteiger partial charge on any atom is -0.376 e. The Balaban J connectivity index is 1.88. The molecule has 0 radical (unpaired) electrons. The Morgan fingerprint density at radius 3 is 3.25 bits per heavy atom. The van der Waals surface area contributed by atoms with Gasteiger partial charge in [-0.2, -0.15) is 0 Å². The smallest absolute Gasteiger partial charge is 0.106 e. The zero-order valence-corrected chi connectivity index (χ0v) is 10.5. The van der Waals surface area contributed by atoms with Crippen LogP contribution in [0.3, 0.4) is 0 Å². The van der Waals surface area contributed by atoms with Crippen molar-refractivity contribution in [1.82, 2.24) is 9.88 Å². The third kappa shape index (κ3) is 3.01. The molecule has 1 unspecified atom stereocenters. The van der Waals surface area contributed by atoms with Crippen LogP contribution in [0.5, 0.6) is 0 Å². The average Bonchev–Trinajstić information content (AvgIpc) is 2.77. The molecule has 1 aromatic rings. The van der Waals surface area contributed by atoms with Crippen molar-refractivity contribution >= 4 is 11.3 Å². The van der Waals surface area contributed by atoms with Crippen LogP contribution in [-0.2, 0) is 17.8 Å². The fourth-order valence-corrected chi connectivity index (χ4v) is 2.58. The largest absolute Gasteiger partial charge is 0.376 e. The molecule has 5 heteroatoms. The topological polar surface area (TPSA) is 51.4 Å². The molecule has 1 aliphatic rings. The van der Waals surface area contributed by atoms with Gasteiger partial charge in [-0.3, -0.25) is 4.90 Å². The average molecular weight is 241 g/mol. The first-order chi connectivity index (χ1) is 7.81. The second-order valence-electron chi connectivity index (χ2n) is 4.07. The molecule has 1 aliphatic heterocycles. The van der Waals surface area contributed by atoms with E-state index in [2.05, 4.69) is 22.2 Å². The summed E-state index contributed by atoms with van der Waals surface area (Å²) in [6.07, 6.45) is 1.48.